The van der Waals surface area contributed by atoms with Gasteiger partial charge in [0.05, 0.1) is 24.7 Å². The normalized spacial score (nSPS) is 10.9. The van der Waals surface area contributed by atoms with Crippen molar-refractivity contribution in [2.75, 3.05) is 13.2 Å². The van der Waals surface area contributed by atoms with Crippen LogP contribution in [0.4, 0.5) is 0 Å². The second-order valence-electron chi connectivity index (χ2n) is 5.33. The van der Waals surface area contributed by atoms with E-state index >= 15 is 0 Å². The first-order chi connectivity index (χ1) is 9.54. The van der Waals surface area contributed by atoms with E-state index in [9.17, 15) is 0 Å². The van der Waals surface area contributed by atoms with Crippen LogP contribution in [-0.4, -0.2) is 13.2 Å². The van der Waals surface area contributed by atoms with E-state index in [0.717, 1.165) is 29.9 Å². The van der Waals surface area contributed by atoms with Crippen molar-refractivity contribution in [1.29, 1.82) is 5.26 Å². The van der Waals surface area contributed by atoms with Gasteiger partial charge in [-0.15, -0.1) is 0 Å². The topological polar surface area (TPSA) is 68.3 Å². The summed E-state index contributed by atoms with van der Waals surface area (Å²) in [5, 5.41) is 8.98. The van der Waals surface area contributed by atoms with E-state index in [-0.39, 0.29) is 5.41 Å². The third kappa shape index (κ3) is 4.75. The molecule has 4 heteroatoms. The zero-order valence-electron chi connectivity index (χ0n) is 12.6. The van der Waals surface area contributed by atoms with Crippen molar-refractivity contribution >= 4 is 0 Å². The number of nitrogens with zero attached hydrogens (tertiary/aromatic N) is 1. The van der Waals surface area contributed by atoms with Crippen molar-refractivity contribution in [2.24, 2.45) is 11.1 Å². The highest BCUT2D eigenvalue weighted by Gasteiger charge is 2.16. The molecule has 0 spiro atoms. The third-order valence-electron chi connectivity index (χ3n) is 3.08. The SMILES string of the molecule is CCOc1cccc(CN)c1OCCCC(C)(C)C#N. The second-order valence-corrected chi connectivity index (χ2v) is 5.33. The molecule has 110 valence electrons. The molecule has 0 aliphatic heterocycles. The van der Waals surface area contributed by atoms with Gasteiger partial charge in [-0.05, 0) is 39.7 Å². The number of ether oxygens (including phenoxy) is 2. The molecule has 0 aliphatic rings. The lowest BCUT2D eigenvalue weighted by Crippen LogP contribution is -2.11. The fraction of sp³-hybridized carbons (Fsp3) is 0.562. The van der Waals surface area contributed by atoms with E-state index in [4.69, 9.17) is 20.5 Å². The van der Waals surface area contributed by atoms with Crippen LogP contribution in [0.15, 0.2) is 18.2 Å². The Kier molecular flexibility index (Phi) is 6.33. The number of benzene rings is 1. The first-order valence-corrected chi connectivity index (χ1v) is 7.03. The molecule has 0 saturated heterocycles. The van der Waals surface area contributed by atoms with Gasteiger partial charge < -0.3 is 15.2 Å². The summed E-state index contributed by atoms with van der Waals surface area (Å²) in [4.78, 5) is 0. The van der Waals surface area contributed by atoms with E-state index in [1.165, 1.54) is 0 Å². The minimum atomic E-state index is -0.306. The maximum Gasteiger partial charge on any atom is 0.165 e. The van der Waals surface area contributed by atoms with Crippen LogP contribution >= 0.6 is 0 Å². The predicted molar refractivity (Wildman–Crippen MR) is 79.6 cm³/mol. The molecule has 1 aromatic carbocycles. The molecular formula is C16H24N2O2. The van der Waals surface area contributed by atoms with Crippen molar-refractivity contribution in [3.8, 4) is 17.6 Å². The summed E-state index contributed by atoms with van der Waals surface area (Å²) in [6.45, 7) is 7.38. The number of hydrogen-bond acceptors (Lipinski definition) is 4. The first kappa shape index (κ1) is 16.3. The molecule has 0 radical (unpaired) electrons. The van der Waals surface area contributed by atoms with Crippen LogP contribution in [-0.2, 0) is 6.54 Å². The summed E-state index contributed by atoms with van der Waals surface area (Å²) < 4.78 is 11.4. The molecule has 1 aromatic rings. The van der Waals surface area contributed by atoms with Crippen molar-refractivity contribution in [1.82, 2.24) is 0 Å². The molecule has 0 amide bonds. The number of hydrogen-bond donors (Lipinski definition) is 1. The lowest BCUT2D eigenvalue weighted by Gasteiger charge is -2.17. The van der Waals surface area contributed by atoms with Gasteiger partial charge >= 0.3 is 0 Å². The number of nitriles is 1. The molecule has 20 heavy (non-hydrogen) atoms. The van der Waals surface area contributed by atoms with Gasteiger partial charge in [0.15, 0.2) is 11.5 Å². The Balaban J connectivity index is 2.65. The smallest absolute Gasteiger partial charge is 0.165 e. The minimum Gasteiger partial charge on any atom is -0.490 e. The molecule has 4 nitrogen and oxygen atoms in total. The fourth-order valence-electron chi connectivity index (χ4n) is 1.90. The fourth-order valence-corrected chi connectivity index (χ4v) is 1.90. The number of rotatable bonds is 8. The van der Waals surface area contributed by atoms with Crippen LogP contribution in [0.5, 0.6) is 11.5 Å². The Morgan fingerprint density at radius 3 is 2.65 bits per heavy atom. The van der Waals surface area contributed by atoms with E-state index in [0.29, 0.717) is 19.8 Å². The van der Waals surface area contributed by atoms with Gasteiger partial charge in [-0.3, -0.25) is 0 Å². The lowest BCUT2D eigenvalue weighted by molar-refractivity contribution is 0.257. The van der Waals surface area contributed by atoms with E-state index < -0.39 is 0 Å². The van der Waals surface area contributed by atoms with Crippen LogP contribution in [0, 0.1) is 16.7 Å². The molecule has 0 aliphatic carbocycles. The Bertz CT molecular complexity index is 464. The van der Waals surface area contributed by atoms with Crippen molar-refractivity contribution < 1.29 is 9.47 Å². The Morgan fingerprint density at radius 2 is 2.05 bits per heavy atom. The Labute approximate surface area is 121 Å². The number of para-hydroxylation sites is 1. The highest BCUT2D eigenvalue weighted by Crippen LogP contribution is 2.31. The van der Waals surface area contributed by atoms with Gasteiger partial charge in [0, 0.05) is 12.1 Å². The van der Waals surface area contributed by atoms with Crippen molar-refractivity contribution in [3.05, 3.63) is 23.8 Å². The molecule has 1 rings (SSSR count). The maximum atomic E-state index is 8.98. The third-order valence-corrected chi connectivity index (χ3v) is 3.08. The van der Waals surface area contributed by atoms with E-state index in [2.05, 4.69) is 6.07 Å². The largest absolute Gasteiger partial charge is 0.490 e. The Hall–Kier alpha value is -1.73. The number of nitrogens with two attached hydrogens (primary N) is 1. The van der Waals surface area contributed by atoms with E-state index in [1.807, 2.05) is 39.0 Å². The average Bonchev–Trinajstić information content (AvgIpc) is 2.45. The summed E-state index contributed by atoms with van der Waals surface area (Å²) in [7, 11) is 0. The van der Waals surface area contributed by atoms with Crippen molar-refractivity contribution in [3.63, 3.8) is 0 Å². The average molecular weight is 276 g/mol. The quantitative estimate of drug-likeness (QED) is 0.740. The van der Waals surface area contributed by atoms with Gasteiger partial charge in [0.25, 0.3) is 0 Å². The molecule has 0 unspecified atom stereocenters. The summed E-state index contributed by atoms with van der Waals surface area (Å²) in [6.07, 6.45) is 1.63. The zero-order chi connectivity index (χ0) is 15.0. The minimum absolute atomic E-state index is 0.306. The zero-order valence-corrected chi connectivity index (χ0v) is 12.6. The maximum absolute atomic E-state index is 8.98. The summed E-state index contributed by atoms with van der Waals surface area (Å²) in [5.74, 6) is 1.46. The molecule has 0 fully saturated rings. The molecule has 0 aromatic heterocycles. The summed E-state index contributed by atoms with van der Waals surface area (Å²) in [6, 6.07) is 8.04. The molecule has 0 bridgehead atoms. The first-order valence-electron chi connectivity index (χ1n) is 7.03. The standard InChI is InChI=1S/C16H24N2O2/c1-4-19-14-8-5-7-13(11-17)15(14)20-10-6-9-16(2,3)12-18/h5,7-8H,4,6,9-11,17H2,1-3H3. The molecule has 0 atom stereocenters. The summed E-state index contributed by atoms with van der Waals surface area (Å²) >= 11 is 0. The van der Waals surface area contributed by atoms with E-state index in [1.54, 1.807) is 0 Å². The van der Waals surface area contributed by atoms with Crippen LogP contribution in [0.1, 0.15) is 39.2 Å². The monoisotopic (exact) mass is 276 g/mol. The second kappa shape index (κ2) is 7.76. The molecule has 2 N–H and O–H groups in total. The van der Waals surface area contributed by atoms with Gasteiger partial charge in [-0.25, -0.2) is 0 Å². The van der Waals surface area contributed by atoms with Crippen LogP contribution < -0.4 is 15.2 Å². The van der Waals surface area contributed by atoms with Crippen LogP contribution in [0.3, 0.4) is 0 Å². The van der Waals surface area contributed by atoms with Gasteiger partial charge in [-0.1, -0.05) is 12.1 Å². The lowest BCUT2D eigenvalue weighted by atomic mass is 9.90. The highest BCUT2D eigenvalue weighted by atomic mass is 16.5. The molecule has 0 saturated carbocycles. The van der Waals surface area contributed by atoms with Crippen LogP contribution in [0.25, 0.3) is 0 Å². The predicted octanol–water partition coefficient (Wildman–Crippen LogP) is 3.25. The van der Waals surface area contributed by atoms with Crippen LogP contribution in [0.2, 0.25) is 0 Å². The highest BCUT2D eigenvalue weighted by molar-refractivity contribution is 5.46. The molecule has 0 heterocycles. The van der Waals surface area contributed by atoms with Gasteiger partial charge in [0.1, 0.15) is 0 Å². The van der Waals surface area contributed by atoms with Gasteiger partial charge in [0.2, 0.25) is 0 Å². The van der Waals surface area contributed by atoms with Crippen molar-refractivity contribution in [2.45, 2.75) is 40.2 Å². The summed E-state index contributed by atoms with van der Waals surface area (Å²) in [5.41, 5.74) is 6.37. The van der Waals surface area contributed by atoms with Gasteiger partial charge in [-0.2, -0.15) is 5.26 Å². The Morgan fingerprint density at radius 1 is 1.30 bits per heavy atom. The molecular weight excluding hydrogens is 252 g/mol.